The van der Waals surface area contributed by atoms with E-state index in [1.165, 1.54) is 17.5 Å². The molecule has 23 heavy (non-hydrogen) atoms. The molecule has 5 heteroatoms. The van der Waals surface area contributed by atoms with Crippen LogP contribution in [0.15, 0.2) is 61.2 Å². The van der Waals surface area contributed by atoms with Gasteiger partial charge < -0.3 is 5.32 Å². The first-order chi connectivity index (χ1) is 11.2. The van der Waals surface area contributed by atoms with E-state index in [1.807, 2.05) is 18.2 Å². The number of halogens is 1. The third kappa shape index (κ3) is 4.05. The molecule has 3 rings (SSSR count). The molecule has 1 unspecified atom stereocenters. The van der Waals surface area contributed by atoms with E-state index in [1.54, 1.807) is 12.4 Å². The molecule has 0 saturated carbocycles. The second-order valence-corrected chi connectivity index (χ2v) is 5.77. The zero-order valence-electron chi connectivity index (χ0n) is 12.8. The lowest BCUT2D eigenvalue weighted by Gasteiger charge is -2.19. The Morgan fingerprint density at radius 2 is 1.91 bits per heavy atom. The van der Waals surface area contributed by atoms with Crippen LogP contribution in [0.4, 0.5) is 5.82 Å². The first kappa shape index (κ1) is 15.4. The lowest BCUT2D eigenvalue weighted by Crippen LogP contribution is -2.16. The Kier molecular flexibility index (Phi) is 4.83. The third-order valence-corrected chi connectivity index (χ3v) is 3.86. The van der Waals surface area contributed by atoms with Gasteiger partial charge in [0.15, 0.2) is 0 Å². The number of pyridine rings is 1. The Hall–Kier alpha value is -2.46. The van der Waals surface area contributed by atoms with Crippen molar-refractivity contribution in [3.63, 3.8) is 0 Å². The predicted molar refractivity (Wildman–Crippen MR) is 92.5 cm³/mol. The van der Waals surface area contributed by atoms with Crippen molar-refractivity contribution in [1.29, 1.82) is 0 Å². The standard InChI is InChI=1S/C18H17ClN4/c1-13-5-7-14(8-6-13)10-17(16-4-2-3-9-21-16)23-18-15(19)11-20-12-22-18/h2-9,11-12,17H,10H2,1H3,(H,20,22,23). The monoisotopic (exact) mass is 324 g/mol. The van der Waals surface area contributed by atoms with E-state index in [0.29, 0.717) is 10.8 Å². The molecule has 2 heterocycles. The Morgan fingerprint density at radius 3 is 2.61 bits per heavy atom. The molecule has 1 N–H and O–H groups in total. The smallest absolute Gasteiger partial charge is 0.148 e. The van der Waals surface area contributed by atoms with E-state index in [-0.39, 0.29) is 6.04 Å². The zero-order chi connectivity index (χ0) is 16.1. The molecular weight excluding hydrogens is 308 g/mol. The second-order valence-electron chi connectivity index (χ2n) is 5.36. The maximum absolute atomic E-state index is 6.17. The summed E-state index contributed by atoms with van der Waals surface area (Å²) >= 11 is 6.17. The normalized spacial score (nSPS) is 11.9. The molecule has 0 saturated heterocycles. The second kappa shape index (κ2) is 7.20. The fourth-order valence-corrected chi connectivity index (χ4v) is 2.52. The van der Waals surface area contributed by atoms with Crippen LogP contribution in [0.3, 0.4) is 0 Å². The van der Waals surface area contributed by atoms with Gasteiger partial charge in [0.1, 0.15) is 17.2 Å². The summed E-state index contributed by atoms with van der Waals surface area (Å²) in [6.07, 6.45) is 5.65. The van der Waals surface area contributed by atoms with Crippen molar-refractivity contribution in [1.82, 2.24) is 15.0 Å². The molecule has 2 aromatic heterocycles. The van der Waals surface area contributed by atoms with E-state index >= 15 is 0 Å². The number of aryl methyl sites for hydroxylation is 1. The van der Waals surface area contributed by atoms with Crippen LogP contribution in [-0.4, -0.2) is 15.0 Å². The van der Waals surface area contributed by atoms with Crippen LogP contribution in [0.2, 0.25) is 5.02 Å². The summed E-state index contributed by atoms with van der Waals surface area (Å²) in [4.78, 5) is 12.6. The van der Waals surface area contributed by atoms with Crippen LogP contribution < -0.4 is 5.32 Å². The molecule has 3 aromatic rings. The van der Waals surface area contributed by atoms with E-state index in [9.17, 15) is 0 Å². The Balaban J connectivity index is 1.88. The molecular formula is C18H17ClN4. The minimum Gasteiger partial charge on any atom is -0.360 e. The molecule has 0 spiro atoms. The SMILES string of the molecule is Cc1ccc(CC(Nc2ncncc2Cl)c2ccccn2)cc1. The molecule has 0 radical (unpaired) electrons. The average molecular weight is 325 g/mol. The minimum atomic E-state index is -0.0219. The van der Waals surface area contributed by atoms with Crippen LogP contribution in [-0.2, 0) is 6.42 Å². The number of nitrogens with zero attached hydrogens (tertiary/aromatic N) is 3. The largest absolute Gasteiger partial charge is 0.360 e. The van der Waals surface area contributed by atoms with Gasteiger partial charge in [-0.2, -0.15) is 0 Å². The molecule has 0 amide bonds. The van der Waals surface area contributed by atoms with Crippen LogP contribution in [0.5, 0.6) is 0 Å². The molecule has 0 bridgehead atoms. The first-order valence-electron chi connectivity index (χ1n) is 7.41. The third-order valence-electron chi connectivity index (χ3n) is 3.58. The topological polar surface area (TPSA) is 50.7 Å². The molecule has 0 aliphatic rings. The maximum atomic E-state index is 6.17. The minimum absolute atomic E-state index is 0.0219. The summed E-state index contributed by atoms with van der Waals surface area (Å²) in [6.45, 7) is 2.08. The van der Waals surface area contributed by atoms with Gasteiger partial charge in [0, 0.05) is 6.20 Å². The summed E-state index contributed by atoms with van der Waals surface area (Å²) in [5.41, 5.74) is 3.42. The van der Waals surface area contributed by atoms with Gasteiger partial charge in [0.2, 0.25) is 0 Å². The molecule has 1 atom stereocenters. The molecule has 0 aliphatic carbocycles. The van der Waals surface area contributed by atoms with Crippen LogP contribution >= 0.6 is 11.6 Å². The number of hydrogen-bond acceptors (Lipinski definition) is 4. The van der Waals surface area contributed by atoms with E-state index in [4.69, 9.17) is 11.6 Å². The maximum Gasteiger partial charge on any atom is 0.148 e. The van der Waals surface area contributed by atoms with Gasteiger partial charge >= 0.3 is 0 Å². The Bertz CT molecular complexity index is 759. The predicted octanol–water partition coefficient (Wildman–Crippen LogP) is 4.23. The number of aromatic nitrogens is 3. The Morgan fingerprint density at radius 1 is 1.09 bits per heavy atom. The molecule has 116 valence electrons. The van der Waals surface area contributed by atoms with Gasteiger partial charge in [0.05, 0.1) is 17.9 Å². The van der Waals surface area contributed by atoms with Gasteiger partial charge in [-0.25, -0.2) is 9.97 Å². The highest BCUT2D eigenvalue weighted by molar-refractivity contribution is 6.32. The summed E-state index contributed by atoms with van der Waals surface area (Å²) in [5, 5.41) is 3.88. The van der Waals surface area contributed by atoms with E-state index < -0.39 is 0 Å². The fraction of sp³-hybridized carbons (Fsp3) is 0.167. The average Bonchev–Trinajstić information content (AvgIpc) is 2.59. The van der Waals surface area contributed by atoms with Crippen LogP contribution in [0.25, 0.3) is 0 Å². The van der Waals surface area contributed by atoms with E-state index in [0.717, 1.165) is 12.1 Å². The summed E-state index contributed by atoms with van der Waals surface area (Å²) < 4.78 is 0. The quantitative estimate of drug-likeness (QED) is 0.763. The summed E-state index contributed by atoms with van der Waals surface area (Å²) in [6, 6.07) is 14.4. The van der Waals surface area contributed by atoms with Gasteiger partial charge in [-0.3, -0.25) is 4.98 Å². The van der Waals surface area contributed by atoms with Gasteiger partial charge in [0.25, 0.3) is 0 Å². The molecule has 4 nitrogen and oxygen atoms in total. The van der Waals surface area contributed by atoms with Crippen molar-refractivity contribution in [2.75, 3.05) is 5.32 Å². The highest BCUT2D eigenvalue weighted by atomic mass is 35.5. The highest BCUT2D eigenvalue weighted by Gasteiger charge is 2.15. The van der Waals surface area contributed by atoms with Gasteiger partial charge in [-0.05, 0) is 31.0 Å². The number of hydrogen-bond donors (Lipinski definition) is 1. The van der Waals surface area contributed by atoms with Crippen LogP contribution in [0.1, 0.15) is 22.9 Å². The van der Waals surface area contributed by atoms with Crippen molar-refractivity contribution in [2.24, 2.45) is 0 Å². The van der Waals surface area contributed by atoms with Crippen molar-refractivity contribution in [2.45, 2.75) is 19.4 Å². The van der Waals surface area contributed by atoms with Crippen molar-refractivity contribution in [3.05, 3.63) is 83.0 Å². The number of nitrogens with one attached hydrogen (secondary N) is 1. The number of rotatable bonds is 5. The molecule has 0 fully saturated rings. The fourth-order valence-electron chi connectivity index (χ4n) is 2.36. The summed E-state index contributed by atoms with van der Waals surface area (Å²) in [5.74, 6) is 0.615. The lowest BCUT2D eigenvalue weighted by molar-refractivity contribution is 0.741. The van der Waals surface area contributed by atoms with Crippen molar-refractivity contribution in [3.8, 4) is 0 Å². The first-order valence-corrected chi connectivity index (χ1v) is 7.78. The number of benzene rings is 1. The highest BCUT2D eigenvalue weighted by Crippen LogP contribution is 2.25. The molecule has 1 aromatic carbocycles. The van der Waals surface area contributed by atoms with Gasteiger partial charge in [-0.1, -0.05) is 47.5 Å². The summed E-state index contributed by atoms with van der Waals surface area (Å²) in [7, 11) is 0. The van der Waals surface area contributed by atoms with E-state index in [2.05, 4.69) is 51.5 Å². The Labute approximate surface area is 140 Å². The van der Waals surface area contributed by atoms with Crippen LogP contribution in [0, 0.1) is 6.92 Å². The lowest BCUT2D eigenvalue weighted by atomic mass is 10.0. The van der Waals surface area contributed by atoms with Crippen molar-refractivity contribution < 1.29 is 0 Å². The van der Waals surface area contributed by atoms with Crippen molar-refractivity contribution >= 4 is 17.4 Å². The molecule has 0 aliphatic heterocycles. The zero-order valence-corrected chi connectivity index (χ0v) is 13.5. The number of anilines is 1. The van der Waals surface area contributed by atoms with Gasteiger partial charge in [-0.15, -0.1) is 0 Å².